The first-order chi connectivity index (χ1) is 9.72. The van der Waals surface area contributed by atoms with E-state index in [-0.39, 0.29) is 11.6 Å². The van der Waals surface area contributed by atoms with Gasteiger partial charge in [0.25, 0.3) is 5.91 Å². The van der Waals surface area contributed by atoms with Gasteiger partial charge in [0.2, 0.25) is 0 Å². The number of nitrogens with zero attached hydrogens (tertiary/aromatic N) is 2. The Morgan fingerprint density at radius 1 is 1.25 bits per heavy atom. The van der Waals surface area contributed by atoms with E-state index in [1.807, 2.05) is 29.6 Å². The van der Waals surface area contributed by atoms with Gasteiger partial charge in [-0.1, -0.05) is 17.3 Å². The Kier molecular flexibility index (Phi) is 3.18. The number of rotatable bonds is 3. The standard InChI is InChI=1S/C13H10N4O2S/c14-9-3-1-8(2-4-9)11-7-20-13(15-11)16-12(18)10-5-6-19-17-10/h1-7H,14H2,(H,15,16,18). The lowest BCUT2D eigenvalue weighted by Crippen LogP contribution is -2.11. The highest BCUT2D eigenvalue weighted by molar-refractivity contribution is 7.14. The van der Waals surface area contributed by atoms with Crippen molar-refractivity contribution < 1.29 is 9.32 Å². The average molecular weight is 286 g/mol. The van der Waals surface area contributed by atoms with Crippen LogP contribution < -0.4 is 11.1 Å². The number of nitrogens with one attached hydrogen (secondary N) is 1. The second-order valence-electron chi connectivity index (χ2n) is 4.00. The number of aromatic nitrogens is 2. The van der Waals surface area contributed by atoms with Crippen molar-refractivity contribution in [2.45, 2.75) is 0 Å². The van der Waals surface area contributed by atoms with E-state index in [0.29, 0.717) is 10.8 Å². The third-order valence-electron chi connectivity index (χ3n) is 2.60. The van der Waals surface area contributed by atoms with Crippen LogP contribution in [0.4, 0.5) is 10.8 Å². The molecule has 0 aliphatic heterocycles. The fourth-order valence-electron chi connectivity index (χ4n) is 1.61. The van der Waals surface area contributed by atoms with Crippen molar-refractivity contribution in [2.75, 3.05) is 11.1 Å². The van der Waals surface area contributed by atoms with Crippen molar-refractivity contribution in [2.24, 2.45) is 0 Å². The third kappa shape index (κ3) is 2.52. The minimum Gasteiger partial charge on any atom is -0.399 e. The van der Waals surface area contributed by atoms with Crippen LogP contribution in [0.25, 0.3) is 11.3 Å². The van der Waals surface area contributed by atoms with Gasteiger partial charge < -0.3 is 10.3 Å². The summed E-state index contributed by atoms with van der Waals surface area (Å²) in [6.07, 6.45) is 1.34. The molecule has 2 aromatic heterocycles. The van der Waals surface area contributed by atoms with Crippen molar-refractivity contribution in [3.63, 3.8) is 0 Å². The second-order valence-corrected chi connectivity index (χ2v) is 4.86. The molecule has 0 atom stereocenters. The van der Waals surface area contributed by atoms with E-state index < -0.39 is 0 Å². The maximum atomic E-state index is 11.8. The summed E-state index contributed by atoms with van der Waals surface area (Å²) in [5.74, 6) is -0.350. The molecule has 3 rings (SSSR count). The number of carbonyl (C=O) groups excluding carboxylic acids is 1. The molecule has 100 valence electrons. The van der Waals surface area contributed by atoms with Gasteiger partial charge in [0.15, 0.2) is 10.8 Å². The van der Waals surface area contributed by atoms with Gasteiger partial charge in [0.05, 0.1) is 5.69 Å². The minimum atomic E-state index is -0.350. The van der Waals surface area contributed by atoms with Crippen LogP contribution in [0.5, 0.6) is 0 Å². The summed E-state index contributed by atoms with van der Waals surface area (Å²) in [4.78, 5) is 16.1. The smallest absolute Gasteiger partial charge is 0.279 e. The summed E-state index contributed by atoms with van der Waals surface area (Å²) in [6, 6.07) is 8.87. The number of nitrogens with two attached hydrogens (primary N) is 1. The van der Waals surface area contributed by atoms with Crippen LogP contribution in [0.3, 0.4) is 0 Å². The molecule has 1 aromatic carbocycles. The van der Waals surface area contributed by atoms with Gasteiger partial charge in [0, 0.05) is 22.7 Å². The second kappa shape index (κ2) is 5.14. The van der Waals surface area contributed by atoms with Gasteiger partial charge in [-0.15, -0.1) is 11.3 Å². The summed E-state index contributed by atoms with van der Waals surface area (Å²) in [6.45, 7) is 0. The maximum Gasteiger partial charge on any atom is 0.279 e. The predicted molar refractivity (Wildman–Crippen MR) is 76.4 cm³/mol. The molecule has 0 saturated carbocycles. The predicted octanol–water partition coefficient (Wildman–Crippen LogP) is 2.63. The quantitative estimate of drug-likeness (QED) is 0.722. The van der Waals surface area contributed by atoms with Crippen molar-refractivity contribution in [3.05, 3.63) is 47.7 Å². The Bertz CT molecular complexity index is 719. The maximum absolute atomic E-state index is 11.8. The summed E-state index contributed by atoms with van der Waals surface area (Å²) in [5, 5.41) is 8.60. The molecule has 0 aliphatic carbocycles. The van der Waals surface area contributed by atoms with E-state index >= 15 is 0 Å². The summed E-state index contributed by atoms with van der Waals surface area (Å²) < 4.78 is 4.62. The molecule has 0 radical (unpaired) electrons. The zero-order chi connectivity index (χ0) is 13.9. The van der Waals surface area contributed by atoms with Crippen LogP contribution in [0.1, 0.15) is 10.5 Å². The first kappa shape index (κ1) is 12.4. The molecular formula is C13H10N4O2S. The average Bonchev–Trinajstić information content (AvgIpc) is 3.10. The summed E-state index contributed by atoms with van der Waals surface area (Å²) in [5.41, 5.74) is 8.28. The molecule has 0 fully saturated rings. The van der Waals surface area contributed by atoms with Crippen LogP contribution >= 0.6 is 11.3 Å². The number of hydrogen-bond acceptors (Lipinski definition) is 6. The van der Waals surface area contributed by atoms with Crippen molar-refractivity contribution in [1.82, 2.24) is 10.1 Å². The molecule has 6 nitrogen and oxygen atoms in total. The van der Waals surface area contributed by atoms with Crippen LogP contribution in [-0.2, 0) is 0 Å². The molecular weight excluding hydrogens is 276 g/mol. The monoisotopic (exact) mass is 286 g/mol. The van der Waals surface area contributed by atoms with E-state index in [9.17, 15) is 4.79 Å². The highest BCUT2D eigenvalue weighted by Crippen LogP contribution is 2.25. The number of nitrogen functional groups attached to an aromatic ring is 1. The lowest BCUT2D eigenvalue weighted by molar-refractivity contribution is 0.101. The van der Waals surface area contributed by atoms with Gasteiger partial charge in [-0.05, 0) is 12.1 Å². The van der Waals surface area contributed by atoms with Crippen LogP contribution in [0.15, 0.2) is 46.5 Å². The van der Waals surface area contributed by atoms with E-state index in [4.69, 9.17) is 5.73 Å². The molecule has 3 N–H and O–H groups in total. The topological polar surface area (TPSA) is 94.0 Å². The zero-order valence-corrected chi connectivity index (χ0v) is 11.1. The SMILES string of the molecule is Nc1ccc(-c2csc(NC(=O)c3ccon3)n2)cc1. The molecule has 7 heteroatoms. The van der Waals surface area contributed by atoms with E-state index in [0.717, 1.165) is 11.3 Å². The largest absolute Gasteiger partial charge is 0.399 e. The summed E-state index contributed by atoms with van der Waals surface area (Å²) >= 11 is 1.34. The van der Waals surface area contributed by atoms with Crippen molar-refractivity contribution >= 4 is 28.1 Å². The van der Waals surface area contributed by atoms with Crippen molar-refractivity contribution in [3.8, 4) is 11.3 Å². The lowest BCUT2D eigenvalue weighted by Gasteiger charge is -1.98. The van der Waals surface area contributed by atoms with Gasteiger partial charge >= 0.3 is 0 Å². The lowest BCUT2D eigenvalue weighted by atomic mass is 10.1. The molecule has 0 saturated heterocycles. The number of amides is 1. The first-order valence-corrected chi connectivity index (χ1v) is 6.63. The van der Waals surface area contributed by atoms with Crippen LogP contribution in [-0.4, -0.2) is 16.0 Å². The fraction of sp³-hybridized carbons (Fsp3) is 0. The van der Waals surface area contributed by atoms with Crippen LogP contribution in [0.2, 0.25) is 0 Å². The van der Waals surface area contributed by atoms with Gasteiger partial charge in [-0.3, -0.25) is 10.1 Å². The van der Waals surface area contributed by atoms with Gasteiger partial charge in [-0.2, -0.15) is 0 Å². The zero-order valence-electron chi connectivity index (χ0n) is 10.2. The molecule has 0 unspecified atom stereocenters. The molecule has 0 spiro atoms. The number of carbonyl (C=O) groups is 1. The van der Waals surface area contributed by atoms with Crippen LogP contribution in [0, 0.1) is 0 Å². The number of hydrogen-bond donors (Lipinski definition) is 2. The van der Waals surface area contributed by atoms with Crippen molar-refractivity contribution in [1.29, 1.82) is 0 Å². The number of anilines is 2. The molecule has 3 aromatic rings. The van der Waals surface area contributed by atoms with Gasteiger partial charge in [0.1, 0.15) is 6.26 Å². The summed E-state index contributed by atoms with van der Waals surface area (Å²) in [7, 11) is 0. The fourth-order valence-corrected chi connectivity index (χ4v) is 2.32. The Morgan fingerprint density at radius 2 is 2.05 bits per heavy atom. The van der Waals surface area contributed by atoms with E-state index in [1.165, 1.54) is 23.7 Å². The normalized spacial score (nSPS) is 10.4. The molecule has 0 bridgehead atoms. The number of thiazole rings is 1. The Morgan fingerprint density at radius 3 is 2.75 bits per heavy atom. The van der Waals surface area contributed by atoms with Gasteiger partial charge in [-0.25, -0.2) is 4.98 Å². The Hall–Kier alpha value is -2.67. The molecule has 1 amide bonds. The minimum absolute atomic E-state index is 0.217. The molecule has 20 heavy (non-hydrogen) atoms. The Balaban J connectivity index is 1.77. The third-order valence-corrected chi connectivity index (χ3v) is 3.36. The van der Waals surface area contributed by atoms with E-state index in [1.54, 1.807) is 0 Å². The highest BCUT2D eigenvalue weighted by atomic mass is 32.1. The van der Waals surface area contributed by atoms with E-state index in [2.05, 4.69) is 20.0 Å². The highest BCUT2D eigenvalue weighted by Gasteiger charge is 2.12. The molecule has 2 heterocycles. The Labute approximate surface area is 118 Å². The number of benzene rings is 1. The molecule has 0 aliphatic rings. The first-order valence-electron chi connectivity index (χ1n) is 5.75.